The van der Waals surface area contributed by atoms with E-state index in [0.717, 1.165) is 25.7 Å². The third kappa shape index (κ3) is 5.98. The summed E-state index contributed by atoms with van der Waals surface area (Å²) in [6.45, 7) is 7.09. The topological polar surface area (TPSA) is 83.9 Å². The van der Waals surface area contributed by atoms with Crippen LogP contribution in [0.15, 0.2) is 47.4 Å². The monoisotopic (exact) mass is 433 g/mol. The molecule has 0 unspecified atom stereocenters. The van der Waals surface area contributed by atoms with E-state index in [4.69, 9.17) is 4.74 Å². The van der Waals surface area contributed by atoms with Crippen LogP contribution in [0.4, 0.5) is 5.69 Å². The van der Waals surface area contributed by atoms with Crippen LogP contribution in [-0.2, 0) is 9.84 Å². The lowest BCUT2D eigenvalue weighted by Gasteiger charge is -2.28. The maximum absolute atomic E-state index is 12.9. The van der Waals surface area contributed by atoms with Crippen molar-refractivity contribution in [2.75, 3.05) is 23.7 Å². The van der Waals surface area contributed by atoms with Crippen LogP contribution < -0.4 is 9.64 Å². The van der Waals surface area contributed by atoms with Gasteiger partial charge in [-0.05, 0) is 37.1 Å². The van der Waals surface area contributed by atoms with Crippen molar-refractivity contribution in [1.82, 2.24) is 0 Å². The lowest BCUT2D eigenvalue weighted by molar-refractivity contribution is 0.0696. The molecule has 0 aliphatic carbocycles. The van der Waals surface area contributed by atoms with Crippen LogP contribution in [0.1, 0.15) is 56.8 Å². The highest BCUT2D eigenvalue weighted by Crippen LogP contribution is 2.40. The molecule has 0 spiro atoms. The molecule has 0 radical (unpaired) electrons. The van der Waals surface area contributed by atoms with Crippen molar-refractivity contribution in [3.63, 3.8) is 0 Å². The van der Waals surface area contributed by atoms with Gasteiger partial charge in [-0.15, -0.1) is 0 Å². The van der Waals surface area contributed by atoms with Crippen molar-refractivity contribution in [3.05, 3.63) is 48.0 Å². The summed E-state index contributed by atoms with van der Waals surface area (Å²) in [5, 5.41) is 9.63. The van der Waals surface area contributed by atoms with Gasteiger partial charge in [0.05, 0.1) is 17.0 Å². The molecular formula is C23H31NO5S. The highest BCUT2D eigenvalue weighted by atomic mass is 32.2. The lowest BCUT2D eigenvalue weighted by Crippen LogP contribution is -2.27. The molecule has 0 aliphatic rings. The summed E-state index contributed by atoms with van der Waals surface area (Å²) >= 11 is 0. The van der Waals surface area contributed by atoms with Gasteiger partial charge in [-0.25, -0.2) is 13.2 Å². The fourth-order valence-corrected chi connectivity index (χ4v) is 4.14. The third-order valence-electron chi connectivity index (χ3n) is 4.86. The Balaban J connectivity index is 2.75. The third-order valence-corrected chi connectivity index (χ3v) is 6.60. The lowest BCUT2D eigenvalue weighted by atomic mass is 10.1. The molecule has 2 rings (SSSR count). The normalized spacial score (nSPS) is 11.3. The van der Waals surface area contributed by atoms with Crippen molar-refractivity contribution in [3.8, 4) is 11.5 Å². The van der Waals surface area contributed by atoms with Crippen LogP contribution in [0, 0.1) is 0 Å². The molecule has 0 atom stereocenters. The number of anilines is 1. The van der Waals surface area contributed by atoms with Crippen molar-refractivity contribution >= 4 is 21.5 Å². The molecule has 2 aromatic rings. The van der Waals surface area contributed by atoms with E-state index in [1.807, 2.05) is 11.0 Å². The Labute approximate surface area is 179 Å². The average Bonchev–Trinajstić information content (AvgIpc) is 2.74. The van der Waals surface area contributed by atoms with E-state index >= 15 is 0 Å². The van der Waals surface area contributed by atoms with Gasteiger partial charge in [-0.1, -0.05) is 51.8 Å². The first-order chi connectivity index (χ1) is 14.3. The van der Waals surface area contributed by atoms with Crippen LogP contribution in [-0.4, -0.2) is 38.3 Å². The van der Waals surface area contributed by atoms with Crippen LogP contribution in [0.5, 0.6) is 11.5 Å². The molecule has 30 heavy (non-hydrogen) atoms. The SMILES string of the molecule is CCCCN(CCCC)c1cc(C(=O)O)cc(S(=O)(=O)CC)c1Oc1ccccc1. The standard InChI is InChI=1S/C23H31NO5S/c1-4-7-14-24(15-8-5-2)20-16-18(23(25)26)17-21(30(27,28)6-3)22(20)29-19-12-10-9-11-13-19/h9-13,16-17H,4-8,14-15H2,1-3H3,(H,25,26). The second-order valence-corrected chi connectivity index (χ2v) is 9.39. The minimum atomic E-state index is -3.72. The molecule has 0 saturated carbocycles. The molecule has 0 aliphatic heterocycles. The summed E-state index contributed by atoms with van der Waals surface area (Å²) in [6.07, 6.45) is 3.75. The Morgan fingerprint density at radius 2 is 1.60 bits per heavy atom. The second kappa shape index (κ2) is 11.0. The Morgan fingerprint density at radius 1 is 1.00 bits per heavy atom. The number of ether oxygens (including phenoxy) is 1. The number of carboxylic acid groups (broad SMARTS) is 1. The minimum Gasteiger partial charge on any atom is -0.478 e. The van der Waals surface area contributed by atoms with E-state index in [9.17, 15) is 18.3 Å². The number of sulfone groups is 1. The van der Waals surface area contributed by atoms with Crippen LogP contribution in [0.25, 0.3) is 0 Å². The maximum atomic E-state index is 12.9. The Bertz CT molecular complexity index is 934. The molecule has 0 heterocycles. The van der Waals surface area contributed by atoms with Gasteiger partial charge in [-0.3, -0.25) is 0 Å². The first-order valence-electron chi connectivity index (χ1n) is 10.5. The van der Waals surface area contributed by atoms with E-state index in [0.29, 0.717) is 24.5 Å². The largest absolute Gasteiger partial charge is 0.478 e. The Hall–Kier alpha value is -2.54. The molecular weight excluding hydrogens is 402 g/mol. The quantitative estimate of drug-likeness (QED) is 0.484. The van der Waals surface area contributed by atoms with Gasteiger partial charge in [0, 0.05) is 13.1 Å². The van der Waals surface area contributed by atoms with Gasteiger partial charge in [-0.2, -0.15) is 0 Å². The highest BCUT2D eigenvalue weighted by Gasteiger charge is 2.27. The number of unbranched alkanes of at least 4 members (excludes halogenated alkanes) is 2. The number of aromatic carboxylic acids is 1. The number of benzene rings is 2. The second-order valence-electron chi connectivity index (χ2n) is 7.14. The first-order valence-corrected chi connectivity index (χ1v) is 12.1. The number of rotatable bonds is 12. The molecule has 0 fully saturated rings. The zero-order valence-corrected chi connectivity index (χ0v) is 18.7. The molecule has 6 nitrogen and oxygen atoms in total. The van der Waals surface area contributed by atoms with E-state index in [1.54, 1.807) is 31.2 Å². The van der Waals surface area contributed by atoms with Gasteiger partial charge in [0.15, 0.2) is 15.6 Å². The summed E-state index contributed by atoms with van der Waals surface area (Å²) in [6, 6.07) is 11.7. The Kier molecular flexibility index (Phi) is 8.72. The van der Waals surface area contributed by atoms with Crippen LogP contribution in [0.3, 0.4) is 0 Å². The van der Waals surface area contributed by atoms with Crippen molar-refractivity contribution in [2.24, 2.45) is 0 Å². The Morgan fingerprint density at radius 3 is 2.10 bits per heavy atom. The van der Waals surface area contributed by atoms with Crippen molar-refractivity contribution in [2.45, 2.75) is 51.3 Å². The zero-order valence-electron chi connectivity index (χ0n) is 17.9. The number of carbonyl (C=O) groups is 1. The molecule has 1 N–H and O–H groups in total. The van der Waals surface area contributed by atoms with Crippen molar-refractivity contribution in [1.29, 1.82) is 0 Å². The van der Waals surface area contributed by atoms with Crippen LogP contribution >= 0.6 is 0 Å². The molecule has 0 bridgehead atoms. The first kappa shape index (κ1) is 23.7. The van der Waals surface area contributed by atoms with E-state index in [2.05, 4.69) is 13.8 Å². The van der Waals surface area contributed by atoms with Gasteiger partial charge < -0.3 is 14.7 Å². The summed E-state index contributed by atoms with van der Waals surface area (Å²) in [5.74, 6) is -0.619. The van der Waals surface area contributed by atoms with Gasteiger partial charge >= 0.3 is 5.97 Å². The van der Waals surface area contributed by atoms with E-state index in [-0.39, 0.29) is 22.0 Å². The highest BCUT2D eigenvalue weighted by molar-refractivity contribution is 7.91. The average molecular weight is 434 g/mol. The number of carboxylic acids is 1. The molecule has 164 valence electrons. The fraction of sp³-hybridized carbons (Fsp3) is 0.435. The van der Waals surface area contributed by atoms with Gasteiger partial charge in [0.25, 0.3) is 0 Å². The van der Waals surface area contributed by atoms with E-state index in [1.165, 1.54) is 12.1 Å². The molecule has 0 amide bonds. The van der Waals surface area contributed by atoms with Gasteiger partial charge in [0.1, 0.15) is 10.6 Å². The molecule has 7 heteroatoms. The molecule has 0 saturated heterocycles. The number of hydrogen-bond acceptors (Lipinski definition) is 5. The van der Waals surface area contributed by atoms with Gasteiger partial charge in [0.2, 0.25) is 0 Å². The zero-order chi connectivity index (χ0) is 22.1. The maximum Gasteiger partial charge on any atom is 0.335 e. The fourth-order valence-electron chi connectivity index (χ4n) is 3.09. The summed E-state index contributed by atoms with van der Waals surface area (Å²) < 4.78 is 31.9. The smallest absolute Gasteiger partial charge is 0.335 e. The predicted molar refractivity (Wildman–Crippen MR) is 120 cm³/mol. The number of nitrogens with zero attached hydrogens (tertiary/aromatic N) is 1. The number of hydrogen-bond donors (Lipinski definition) is 1. The predicted octanol–water partition coefficient (Wildman–Crippen LogP) is 5.38. The summed E-state index contributed by atoms with van der Waals surface area (Å²) in [7, 11) is -3.72. The van der Waals surface area contributed by atoms with E-state index < -0.39 is 15.8 Å². The van der Waals surface area contributed by atoms with Crippen molar-refractivity contribution < 1.29 is 23.1 Å². The minimum absolute atomic E-state index is 0.0598. The molecule has 2 aromatic carbocycles. The number of para-hydroxylation sites is 1. The summed E-state index contributed by atoms with van der Waals surface area (Å²) in [5.41, 5.74) is 0.447. The molecule has 0 aromatic heterocycles. The summed E-state index contributed by atoms with van der Waals surface area (Å²) in [4.78, 5) is 13.8. The van der Waals surface area contributed by atoms with Crippen LogP contribution in [0.2, 0.25) is 0 Å².